The van der Waals surface area contributed by atoms with Gasteiger partial charge < -0.3 is 23.7 Å². The second-order valence-corrected chi connectivity index (χ2v) is 13.7. The van der Waals surface area contributed by atoms with Crippen LogP contribution in [0.5, 0.6) is 23.0 Å². The van der Waals surface area contributed by atoms with Crippen LogP contribution in [0.15, 0.2) is 192 Å². The quantitative estimate of drug-likeness (QED) is 0.162. The number of ether oxygens (including phenoxy) is 2. The van der Waals surface area contributed by atoms with Crippen molar-refractivity contribution in [1.29, 1.82) is 0 Å². The van der Waals surface area contributed by atoms with Crippen molar-refractivity contribution in [3.63, 3.8) is 0 Å². The van der Waals surface area contributed by atoms with Crippen LogP contribution >= 0.6 is 0 Å². The minimum Gasteiger partial charge on any atom is -0.458 e. The molecule has 8 aromatic carbocycles. The molecule has 0 atom stereocenters. The maximum Gasteiger partial charge on any atom is 0.260 e. The Morgan fingerprint density at radius 3 is 1.46 bits per heavy atom. The zero-order chi connectivity index (χ0) is 35.6. The summed E-state index contributed by atoms with van der Waals surface area (Å²) in [6.45, 7) is -0.0977. The first-order valence-corrected chi connectivity index (χ1v) is 18.2. The van der Waals surface area contributed by atoms with Gasteiger partial charge in [0.1, 0.15) is 22.8 Å². The van der Waals surface area contributed by atoms with Gasteiger partial charge in [0.2, 0.25) is 0 Å². The standard InChI is InChI=1S/C48H31BN2O3/c1-5-14-32(15-6-1)50(33-16-7-2-8-17-33)36-24-26-38-39-27-29-41-48(47(39)54-44(38)30-36)53-43-23-13-22-42-46(43)49(41)40-28-25-37(31-45(40)52-42)51(34-18-9-3-10-19-34)35-20-11-4-12-21-35/h1-31H. The maximum atomic E-state index is 6.82. The third-order valence-corrected chi connectivity index (χ3v) is 10.5. The Hall–Kier alpha value is -7.18. The van der Waals surface area contributed by atoms with E-state index < -0.39 is 0 Å². The monoisotopic (exact) mass is 694 g/mol. The van der Waals surface area contributed by atoms with E-state index in [4.69, 9.17) is 13.9 Å². The Morgan fingerprint density at radius 2 is 0.870 bits per heavy atom. The molecule has 0 saturated heterocycles. The van der Waals surface area contributed by atoms with Crippen LogP contribution in [0.4, 0.5) is 34.1 Å². The van der Waals surface area contributed by atoms with Gasteiger partial charge in [-0.25, -0.2) is 0 Å². The van der Waals surface area contributed by atoms with E-state index in [1.165, 1.54) is 0 Å². The fraction of sp³-hybridized carbons (Fsp3) is 0. The predicted octanol–water partition coefficient (Wildman–Crippen LogP) is 11.3. The van der Waals surface area contributed by atoms with E-state index in [1.807, 2.05) is 42.5 Å². The smallest absolute Gasteiger partial charge is 0.260 e. The first kappa shape index (κ1) is 30.5. The summed E-state index contributed by atoms with van der Waals surface area (Å²) in [4.78, 5) is 4.51. The molecule has 0 spiro atoms. The molecule has 0 radical (unpaired) electrons. The van der Waals surface area contributed by atoms with E-state index >= 15 is 0 Å². The summed E-state index contributed by atoms with van der Waals surface area (Å²) in [6, 6.07) is 65.2. The van der Waals surface area contributed by atoms with Crippen LogP contribution in [0.2, 0.25) is 0 Å². The molecule has 0 saturated carbocycles. The highest BCUT2D eigenvalue weighted by molar-refractivity contribution is 6.98. The van der Waals surface area contributed by atoms with Gasteiger partial charge in [-0.05, 0) is 89.8 Å². The molecule has 0 amide bonds. The van der Waals surface area contributed by atoms with Crippen LogP contribution in [0.1, 0.15) is 0 Å². The highest BCUT2D eigenvalue weighted by Crippen LogP contribution is 2.44. The Labute approximate surface area is 312 Å². The average molecular weight is 695 g/mol. The number of furan rings is 1. The Bertz CT molecular complexity index is 2760. The van der Waals surface area contributed by atoms with Crippen molar-refractivity contribution in [1.82, 2.24) is 0 Å². The highest BCUT2D eigenvalue weighted by Gasteiger charge is 2.41. The molecule has 6 heteroatoms. The number of para-hydroxylation sites is 4. The number of anilines is 6. The summed E-state index contributed by atoms with van der Waals surface area (Å²) in [6.07, 6.45) is 0. The van der Waals surface area contributed by atoms with Crippen LogP contribution in [-0.4, -0.2) is 6.71 Å². The zero-order valence-electron chi connectivity index (χ0n) is 29.1. The lowest BCUT2D eigenvalue weighted by Gasteiger charge is -2.33. The first-order chi connectivity index (χ1) is 26.8. The predicted molar refractivity (Wildman–Crippen MR) is 221 cm³/mol. The third kappa shape index (κ3) is 4.81. The minimum absolute atomic E-state index is 0.0977. The Morgan fingerprint density at radius 1 is 0.370 bits per heavy atom. The van der Waals surface area contributed by atoms with Crippen molar-refractivity contribution in [2.75, 3.05) is 9.80 Å². The second-order valence-electron chi connectivity index (χ2n) is 13.7. The van der Waals surface area contributed by atoms with Gasteiger partial charge in [-0.1, -0.05) is 97.1 Å². The van der Waals surface area contributed by atoms with Crippen molar-refractivity contribution in [3.05, 3.63) is 188 Å². The summed E-state index contributed by atoms with van der Waals surface area (Å²) in [7, 11) is 0. The normalized spacial score (nSPS) is 12.3. The molecule has 2 aliphatic heterocycles. The molecule has 0 N–H and O–H groups in total. The van der Waals surface area contributed by atoms with E-state index in [2.05, 4.69) is 155 Å². The number of hydrogen-bond donors (Lipinski definition) is 0. The summed E-state index contributed by atoms with van der Waals surface area (Å²) in [5.41, 5.74) is 11.0. The van der Waals surface area contributed by atoms with E-state index in [1.54, 1.807) is 0 Å². The summed E-state index contributed by atoms with van der Waals surface area (Å²) in [5.74, 6) is 3.15. The second kappa shape index (κ2) is 12.2. The SMILES string of the molecule is c1ccc(N(c2ccccc2)c2ccc3c(c2)Oc2cccc4c2B3c2ccc3c(oc5cc(N(c6ccccc6)c6ccccc6)ccc53)c2O4)cc1. The molecule has 2 aliphatic rings. The molecule has 0 fully saturated rings. The van der Waals surface area contributed by atoms with Crippen LogP contribution < -0.4 is 35.7 Å². The largest absolute Gasteiger partial charge is 0.458 e. The van der Waals surface area contributed by atoms with Crippen LogP contribution in [-0.2, 0) is 0 Å². The van der Waals surface area contributed by atoms with Gasteiger partial charge in [-0.3, -0.25) is 0 Å². The maximum absolute atomic E-state index is 6.82. The lowest BCUT2D eigenvalue weighted by molar-refractivity contribution is 0.462. The molecule has 9 aromatic rings. The van der Waals surface area contributed by atoms with Gasteiger partial charge in [-0.2, -0.15) is 0 Å². The number of hydrogen-bond acceptors (Lipinski definition) is 5. The summed E-state index contributed by atoms with van der Waals surface area (Å²) in [5, 5.41) is 2.06. The minimum atomic E-state index is -0.0977. The molecule has 54 heavy (non-hydrogen) atoms. The molecule has 0 aliphatic carbocycles. The lowest BCUT2D eigenvalue weighted by atomic mass is 9.35. The van der Waals surface area contributed by atoms with Gasteiger partial charge >= 0.3 is 0 Å². The lowest BCUT2D eigenvalue weighted by Crippen LogP contribution is -2.57. The van der Waals surface area contributed by atoms with Gasteiger partial charge in [0.15, 0.2) is 11.3 Å². The molecule has 0 bridgehead atoms. The van der Waals surface area contributed by atoms with Crippen LogP contribution in [0, 0.1) is 0 Å². The molecule has 11 rings (SSSR count). The number of nitrogens with zero attached hydrogens (tertiary/aromatic N) is 2. The van der Waals surface area contributed by atoms with Gasteiger partial charge in [0, 0.05) is 62.5 Å². The van der Waals surface area contributed by atoms with E-state index in [0.717, 1.165) is 95.4 Å². The first-order valence-electron chi connectivity index (χ1n) is 18.2. The molecule has 1 aromatic heterocycles. The average Bonchev–Trinajstić information content (AvgIpc) is 3.61. The summed E-state index contributed by atoms with van der Waals surface area (Å²) < 4.78 is 20.3. The number of fused-ring (bicyclic) bond motifs is 8. The number of benzene rings is 8. The molecule has 254 valence electrons. The summed E-state index contributed by atoms with van der Waals surface area (Å²) >= 11 is 0. The Balaban J connectivity index is 1.05. The molecular weight excluding hydrogens is 663 g/mol. The van der Waals surface area contributed by atoms with Crippen molar-refractivity contribution in [2.24, 2.45) is 0 Å². The fourth-order valence-corrected chi connectivity index (χ4v) is 8.18. The van der Waals surface area contributed by atoms with Crippen molar-refractivity contribution in [3.8, 4) is 23.0 Å². The molecular formula is C48H31BN2O3. The fourth-order valence-electron chi connectivity index (χ4n) is 8.18. The van der Waals surface area contributed by atoms with Gasteiger partial charge in [-0.15, -0.1) is 0 Å². The third-order valence-electron chi connectivity index (χ3n) is 10.5. The van der Waals surface area contributed by atoms with Crippen molar-refractivity contribution < 1.29 is 13.9 Å². The van der Waals surface area contributed by atoms with Crippen molar-refractivity contribution in [2.45, 2.75) is 0 Å². The molecule has 0 unspecified atom stereocenters. The van der Waals surface area contributed by atoms with Gasteiger partial charge in [0.25, 0.3) is 6.71 Å². The highest BCUT2D eigenvalue weighted by atomic mass is 16.5. The van der Waals surface area contributed by atoms with Gasteiger partial charge in [0.05, 0.1) is 0 Å². The van der Waals surface area contributed by atoms with E-state index in [-0.39, 0.29) is 6.71 Å². The van der Waals surface area contributed by atoms with Crippen LogP contribution in [0.3, 0.4) is 0 Å². The molecule has 5 nitrogen and oxygen atoms in total. The molecule has 3 heterocycles. The van der Waals surface area contributed by atoms with E-state index in [9.17, 15) is 0 Å². The van der Waals surface area contributed by atoms with E-state index in [0.29, 0.717) is 0 Å². The van der Waals surface area contributed by atoms with Crippen molar-refractivity contribution >= 4 is 79.2 Å². The zero-order valence-corrected chi connectivity index (χ0v) is 29.1. The topological polar surface area (TPSA) is 38.1 Å². The Kier molecular flexibility index (Phi) is 6.89. The number of rotatable bonds is 6. The van der Waals surface area contributed by atoms with Crippen LogP contribution in [0.25, 0.3) is 21.9 Å².